The average Bonchev–Trinajstić information content (AvgIpc) is 2.48. The fraction of sp³-hybridized carbons (Fsp3) is 0.727. The van der Waals surface area contributed by atoms with Gasteiger partial charge in [0.2, 0.25) is 0 Å². The predicted octanol–water partition coefficient (Wildman–Crippen LogP) is 2.73. The van der Waals surface area contributed by atoms with Crippen molar-refractivity contribution in [3.63, 3.8) is 0 Å². The number of nitrogens with one attached hydrogen (secondary N) is 1. The zero-order valence-corrected chi connectivity index (χ0v) is 9.57. The van der Waals surface area contributed by atoms with E-state index in [-0.39, 0.29) is 0 Å². The molecule has 0 unspecified atom stereocenters. The van der Waals surface area contributed by atoms with Crippen LogP contribution in [0.3, 0.4) is 0 Å². The zero-order chi connectivity index (χ0) is 9.80. The Morgan fingerprint density at radius 3 is 3.00 bits per heavy atom. The molecule has 78 valence electrons. The Hall–Kier alpha value is -0.410. The van der Waals surface area contributed by atoms with Crippen molar-refractivity contribution in [3.05, 3.63) is 16.1 Å². The highest BCUT2D eigenvalue weighted by Gasteiger charge is 2.16. The lowest BCUT2D eigenvalue weighted by molar-refractivity contribution is 0.292. The molecule has 3 heteroatoms. The molecule has 0 spiro atoms. The van der Waals surface area contributed by atoms with E-state index >= 15 is 0 Å². The van der Waals surface area contributed by atoms with Gasteiger partial charge in [-0.3, -0.25) is 0 Å². The summed E-state index contributed by atoms with van der Waals surface area (Å²) in [5, 5.41) is 3.50. The molecule has 1 N–H and O–H groups in total. The lowest BCUT2D eigenvalue weighted by atomic mass is 9.83. The number of hydrogen-bond acceptors (Lipinski definition) is 3. The summed E-state index contributed by atoms with van der Waals surface area (Å²) in [5.74, 6) is 1.02. The van der Waals surface area contributed by atoms with E-state index in [1.807, 2.05) is 5.51 Å². The molecule has 1 aromatic rings. The highest BCUT2D eigenvalue weighted by molar-refractivity contribution is 7.09. The van der Waals surface area contributed by atoms with Gasteiger partial charge in [-0.15, -0.1) is 11.3 Å². The average molecular weight is 210 g/mol. The quantitative estimate of drug-likeness (QED) is 0.756. The SMILES string of the molecule is Cc1ncsc1CNCCC1CCC1. The lowest BCUT2D eigenvalue weighted by Crippen LogP contribution is -2.20. The maximum absolute atomic E-state index is 4.24. The van der Waals surface area contributed by atoms with Gasteiger partial charge in [0.1, 0.15) is 0 Å². The van der Waals surface area contributed by atoms with Gasteiger partial charge in [0.05, 0.1) is 11.2 Å². The molecule has 0 amide bonds. The molecule has 0 aromatic carbocycles. The van der Waals surface area contributed by atoms with Crippen LogP contribution in [0, 0.1) is 12.8 Å². The van der Waals surface area contributed by atoms with Gasteiger partial charge in [-0.05, 0) is 25.8 Å². The van der Waals surface area contributed by atoms with Crippen LogP contribution in [0.1, 0.15) is 36.3 Å². The van der Waals surface area contributed by atoms with E-state index in [0.717, 1.165) is 12.5 Å². The van der Waals surface area contributed by atoms with Crippen molar-refractivity contribution >= 4 is 11.3 Å². The summed E-state index contributed by atoms with van der Waals surface area (Å²) >= 11 is 1.75. The predicted molar refractivity (Wildman–Crippen MR) is 60.5 cm³/mol. The summed E-state index contributed by atoms with van der Waals surface area (Å²) in [4.78, 5) is 5.62. The normalized spacial score (nSPS) is 16.9. The minimum absolute atomic E-state index is 1.00. The van der Waals surface area contributed by atoms with Gasteiger partial charge in [-0.25, -0.2) is 4.98 Å². The number of rotatable bonds is 5. The highest BCUT2D eigenvalue weighted by Crippen LogP contribution is 2.28. The van der Waals surface area contributed by atoms with E-state index < -0.39 is 0 Å². The molecular weight excluding hydrogens is 192 g/mol. The molecule has 2 nitrogen and oxygen atoms in total. The van der Waals surface area contributed by atoms with Crippen LogP contribution in [0.5, 0.6) is 0 Å². The monoisotopic (exact) mass is 210 g/mol. The third-order valence-electron chi connectivity index (χ3n) is 3.08. The molecule has 1 aromatic heterocycles. The summed E-state index contributed by atoms with van der Waals surface area (Å²) in [6, 6.07) is 0. The third-order valence-corrected chi connectivity index (χ3v) is 4.02. The van der Waals surface area contributed by atoms with E-state index in [1.54, 1.807) is 11.3 Å². The minimum Gasteiger partial charge on any atom is -0.312 e. The van der Waals surface area contributed by atoms with Crippen molar-refractivity contribution in [2.75, 3.05) is 6.54 Å². The van der Waals surface area contributed by atoms with Gasteiger partial charge in [0, 0.05) is 11.4 Å². The molecule has 2 rings (SSSR count). The zero-order valence-electron chi connectivity index (χ0n) is 8.75. The van der Waals surface area contributed by atoms with Crippen LogP contribution in [0.15, 0.2) is 5.51 Å². The molecule has 1 aliphatic rings. The standard InChI is InChI=1S/C11H18N2S/c1-9-11(14-8-13-9)7-12-6-5-10-3-2-4-10/h8,10,12H,2-7H2,1H3. The molecule has 1 aliphatic carbocycles. The molecule has 0 radical (unpaired) electrons. The number of hydrogen-bond donors (Lipinski definition) is 1. The summed E-state index contributed by atoms with van der Waals surface area (Å²) in [6.45, 7) is 4.25. The van der Waals surface area contributed by atoms with Crippen molar-refractivity contribution in [2.45, 2.75) is 39.2 Å². The van der Waals surface area contributed by atoms with Crippen LogP contribution in [-0.4, -0.2) is 11.5 Å². The maximum atomic E-state index is 4.24. The van der Waals surface area contributed by atoms with E-state index in [0.29, 0.717) is 0 Å². The van der Waals surface area contributed by atoms with E-state index in [9.17, 15) is 0 Å². The second kappa shape index (κ2) is 4.89. The first-order valence-electron chi connectivity index (χ1n) is 5.46. The van der Waals surface area contributed by atoms with Crippen LogP contribution in [0.2, 0.25) is 0 Å². The first kappa shape index (κ1) is 10.1. The Morgan fingerprint density at radius 1 is 1.57 bits per heavy atom. The molecule has 0 aliphatic heterocycles. The summed E-state index contributed by atoms with van der Waals surface area (Å²) in [6.07, 6.45) is 5.74. The van der Waals surface area contributed by atoms with Crippen LogP contribution >= 0.6 is 11.3 Å². The summed E-state index contributed by atoms with van der Waals surface area (Å²) in [5.41, 5.74) is 3.12. The number of thiazole rings is 1. The highest BCUT2D eigenvalue weighted by atomic mass is 32.1. The van der Waals surface area contributed by atoms with Gasteiger partial charge in [0.15, 0.2) is 0 Å². The smallest absolute Gasteiger partial charge is 0.0798 e. The molecule has 0 atom stereocenters. The first-order valence-corrected chi connectivity index (χ1v) is 6.34. The summed E-state index contributed by atoms with van der Waals surface area (Å²) in [7, 11) is 0. The van der Waals surface area contributed by atoms with Gasteiger partial charge in [0.25, 0.3) is 0 Å². The molecule has 14 heavy (non-hydrogen) atoms. The van der Waals surface area contributed by atoms with Gasteiger partial charge < -0.3 is 5.32 Å². The fourth-order valence-electron chi connectivity index (χ4n) is 1.79. The van der Waals surface area contributed by atoms with E-state index in [2.05, 4.69) is 17.2 Å². The topological polar surface area (TPSA) is 24.9 Å². The summed E-state index contributed by atoms with van der Waals surface area (Å²) < 4.78 is 0. The Bertz CT molecular complexity index is 279. The Balaban J connectivity index is 1.60. The van der Waals surface area contributed by atoms with Crippen molar-refractivity contribution in [3.8, 4) is 0 Å². The number of aryl methyl sites for hydroxylation is 1. The lowest BCUT2D eigenvalue weighted by Gasteiger charge is -2.25. The third kappa shape index (κ3) is 2.55. The van der Waals surface area contributed by atoms with Crippen molar-refractivity contribution < 1.29 is 0 Å². The Kier molecular flexibility index (Phi) is 3.54. The van der Waals surface area contributed by atoms with E-state index in [4.69, 9.17) is 0 Å². The number of nitrogens with zero attached hydrogens (tertiary/aromatic N) is 1. The molecule has 1 fully saturated rings. The van der Waals surface area contributed by atoms with Crippen molar-refractivity contribution in [2.24, 2.45) is 5.92 Å². The maximum Gasteiger partial charge on any atom is 0.0798 e. The van der Waals surface area contributed by atoms with Crippen LogP contribution in [0.25, 0.3) is 0 Å². The van der Waals surface area contributed by atoms with Crippen LogP contribution < -0.4 is 5.32 Å². The largest absolute Gasteiger partial charge is 0.312 e. The molecular formula is C11H18N2S. The number of aromatic nitrogens is 1. The molecule has 0 saturated heterocycles. The minimum atomic E-state index is 1.00. The Morgan fingerprint density at radius 2 is 2.43 bits per heavy atom. The second-order valence-corrected chi connectivity index (χ2v) is 5.06. The Labute approximate surface area is 89.8 Å². The fourth-order valence-corrected chi connectivity index (χ4v) is 2.53. The molecule has 1 heterocycles. The van der Waals surface area contributed by atoms with Gasteiger partial charge in [-0.1, -0.05) is 19.3 Å². The van der Waals surface area contributed by atoms with Crippen LogP contribution in [0.4, 0.5) is 0 Å². The van der Waals surface area contributed by atoms with Crippen molar-refractivity contribution in [1.82, 2.24) is 10.3 Å². The van der Waals surface area contributed by atoms with E-state index in [1.165, 1.54) is 42.8 Å². The molecule has 1 saturated carbocycles. The van der Waals surface area contributed by atoms with Crippen molar-refractivity contribution in [1.29, 1.82) is 0 Å². The van der Waals surface area contributed by atoms with Gasteiger partial charge in [-0.2, -0.15) is 0 Å². The van der Waals surface area contributed by atoms with Gasteiger partial charge >= 0.3 is 0 Å². The first-order chi connectivity index (χ1) is 6.86. The van der Waals surface area contributed by atoms with Crippen LogP contribution in [-0.2, 0) is 6.54 Å². The second-order valence-electron chi connectivity index (χ2n) is 4.12. The molecule has 0 bridgehead atoms.